The molecule has 4 nitrogen and oxygen atoms in total. The van der Waals surface area contributed by atoms with Crippen LogP contribution in [0.5, 0.6) is 0 Å². The first-order valence-corrected chi connectivity index (χ1v) is 7.91. The fraction of sp³-hybridized carbons (Fsp3) is 0.133. The van der Waals surface area contributed by atoms with Gasteiger partial charge >= 0.3 is 0 Å². The van der Waals surface area contributed by atoms with E-state index in [-0.39, 0.29) is 11.9 Å². The fourth-order valence-electron chi connectivity index (χ4n) is 1.98. The highest BCUT2D eigenvalue weighted by Crippen LogP contribution is 2.30. The third-order valence-corrected chi connectivity index (χ3v) is 4.19. The molecule has 0 saturated heterocycles. The van der Waals surface area contributed by atoms with Crippen LogP contribution in [0.15, 0.2) is 62.6 Å². The summed E-state index contributed by atoms with van der Waals surface area (Å²) in [6.07, 6.45) is 0.402. The molecule has 0 spiro atoms. The standard InChI is InChI=1S/C15H15Br2N3O/c16-11-6-7-12(17)14(8-11)19-13(9-15(18)20-21)10-4-2-1-3-5-10/h1-8,13,19,21H,9H2,(H2,18,20). The number of hydrogen-bond donors (Lipinski definition) is 3. The molecule has 1 unspecified atom stereocenters. The molecule has 0 aromatic heterocycles. The number of rotatable bonds is 5. The second kappa shape index (κ2) is 7.47. The molecule has 0 heterocycles. The molecule has 0 saturated carbocycles. The van der Waals surface area contributed by atoms with Crippen LogP contribution in [0.1, 0.15) is 18.0 Å². The predicted octanol–water partition coefficient (Wildman–Crippen LogP) is 4.50. The molecule has 2 aromatic carbocycles. The molecule has 21 heavy (non-hydrogen) atoms. The number of hydrogen-bond acceptors (Lipinski definition) is 3. The average Bonchev–Trinajstić information content (AvgIpc) is 2.51. The van der Waals surface area contributed by atoms with Crippen LogP contribution in [0, 0.1) is 0 Å². The minimum atomic E-state index is -0.0901. The first kappa shape index (κ1) is 15.9. The first-order chi connectivity index (χ1) is 10.1. The minimum Gasteiger partial charge on any atom is -0.409 e. The van der Waals surface area contributed by atoms with Crippen molar-refractivity contribution in [2.75, 3.05) is 5.32 Å². The summed E-state index contributed by atoms with van der Waals surface area (Å²) in [7, 11) is 0. The van der Waals surface area contributed by atoms with E-state index in [2.05, 4.69) is 42.3 Å². The molecule has 0 aliphatic heterocycles. The Morgan fingerprint density at radius 3 is 2.57 bits per heavy atom. The van der Waals surface area contributed by atoms with Crippen molar-refractivity contribution >= 4 is 43.4 Å². The SMILES string of the molecule is NC(CC(Nc1cc(Br)ccc1Br)c1ccccc1)=NO. The highest BCUT2D eigenvalue weighted by Gasteiger charge is 2.15. The van der Waals surface area contributed by atoms with Gasteiger partial charge in [-0.15, -0.1) is 0 Å². The summed E-state index contributed by atoms with van der Waals surface area (Å²) in [5.74, 6) is 0.183. The molecule has 2 rings (SSSR count). The highest BCUT2D eigenvalue weighted by atomic mass is 79.9. The summed E-state index contributed by atoms with van der Waals surface area (Å²) in [6.45, 7) is 0. The van der Waals surface area contributed by atoms with Crippen LogP contribution in [0.4, 0.5) is 5.69 Å². The van der Waals surface area contributed by atoms with E-state index < -0.39 is 0 Å². The van der Waals surface area contributed by atoms with Crippen LogP contribution < -0.4 is 11.1 Å². The smallest absolute Gasteiger partial charge is 0.141 e. The number of amidine groups is 1. The number of oxime groups is 1. The van der Waals surface area contributed by atoms with Gasteiger partial charge in [-0.2, -0.15) is 0 Å². The van der Waals surface area contributed by atoms with Crippen molar-refractivity contribution in [2.24, 2.45) is 10.9 Å². The van der Waals surface area contributed by atoms with Crippen molar-refractivity contribution in [2.45, 2.75) is 12.5 Å². The molecule has 0 bridgehead atoms. The molecule has 2 aromatic rings. The third kappa shape index (κ3) is 4.47. The van der Waals surface area contributed by atoms with Gasteiger partial charge in [0.1, 0.15) is 5.84 Å². The van der Waals surface area contributed by atoms with Gasteiger partial charge in [0.2, 0.25) is 0 Å². The Balaban J connectivity index is 2.29. The molecular weight excluding hydrogens is 398 g/mol. The van der Waals surface area contributed by atoms with Gasteiger partial charge in [-0.1, -0.05) is 51.4 Å². The molecule has 4 N–H and O–H groups in total. The van der Waals surface area contributed by atoms with Gasteiger partial charge in [0, 0.05) is 15.4 Å². The molecule has 1 atom stereocenters. The molecule has 0 aliphatic carbocycles. The van der Waals surface area contributed by atoms with Gasteiger partial charge in [0.15, 0.2) is 0 Å². The van der Waals surface area contributed by atoms with Crippen molar-refractivity contribution in [3.8, 4) is 0 Å². The number of nitrogens with one attached hydrogen (secondary N) is 1. The Morgan fingerprint density at radius 1 is 1.19 bits per heavy atom. The molecule has 110 valence electrons. The summed E-state index contributed by atoms with van der Waals surface area (Å²) in [4.78, 5) is 0. The van der Waals surface area contributed by atoms with Gasteiger partial charge in [-0.3, -0.25) is 0 Å². The highest BCUT2D eigenvalue weighted by molar-refractivity contribution is 9.11. The Labute approximate surface area is 140 Å². The van der Waals surface area contributed by atoms with E-state index in [1.54, 1.807) is 0 Å². The topological polar surface area (TPSA) is 70.6 Å². The van der Waals surface area contributed by atoms with Crippen LogP contribution in [-0.2, 0) is 0 Å². The molecule has 6 heteroatoms. The van der Waals surface area contributed by atoms with Crippen LogP contribution in [0.2, 0.25) is 0 Å². The van der Waals surface area contributed by atoms with E-state index in [1.165, 1.54) is 0 Å². The molecular formula is C15H15Br2N3O. The van der Waals surface area contributed by atoms with Crippen molar-refractivity contribution in [3.63, 3.8) is 0 Å². The number of nitrogens with two attached hydrogens (primary N) is 1. The summed E-state index contributed by atoms with van der Waals surface area (Å²) in [5, 5.41) is 15.3. The van der Waals surface area contributed by atoms with E-state index in [0.717, 1.165) is 20.2 Å². The molecule has 0 radical (unpaired) electrons. The maximum Gasteiger partial charge on any atom is 0.141 e. The van der Waals surface area contributed by atoms with Crippen molar-refractivity contribution in [1.82, 2.24) is 0 Å². The number of halogens is 2. The van der Waals surface area contributed by atoms with Gasteiger partial charge in [-0.25, -0.2) is 0 Å². The zero-order chi connectivity index (χ0) is 15.2. The number of benzene rings is 2. The zero-order valence-electron chi connectivity index (χ0n) is 11.1. The van der Waals surface area contributed by atoms with Gasteiger partial charge in [0.05, 0.1) is 11.7 Å². The summed E-state index contributed by atoms with van der Waals surface area (Å²) in [5.41, 5.74) is 7.67. The average molecular weight is 413 g/mol. The third-order valence-electron chi connectivity index (χ3n) is 3.00. The maximum atomic E-state index is 8.81. The lowest BCUT2D eigenvalue weighted by Crippen LogP contribution is -2.21. The van der Waals surface area contributed by atoms with E-state index in [0.29, 0.717) is 6.42 Å². The normalized spacial score (nSPS) is 13.0. The Kier molecular flexibility index (Phi) is 5.64. The van der Waals surface area contributed by atoms with E-state index in [9.17, 15) is 0 Å². The summed E-state index contributed by atoms with van der Waals surface area (Å²) >= 11 is 6.98. The van der Waals surface area contributed by atoms with Gasteiger partial charge in [0.25, 0.3) is 0 Å². The quantitative estimate of drug-likeness (QED) is 0.293. The Bertz CT molecular complexity index is 632. The van der Waals surface area contributed by atoms with Crippen LogP contribution in [0.3, 0.4) is 0 Å². The second-order valence-corrected chi connectivity index (χ2v) is 6.30. The fourth-order valence-corrected chi connectivity index (χ4v) is 2.71. The largest absolute Gasteiger partial charge is 0.409 e. The lowest BCUT2D eigenvalue weighted by Gasteiger charge is -2.21. The van der Waals surface area contributed by atoms with E-state index in [4.69, 9.17) is 10.9 Å². The molecule has 0 fully saturated rings. The Morgan fingerprint density at radius 2 is 1.90 bits per heavy atom. The summed E-state index contributed by atoms with van der Waals surface area (Å²) in [6, 6.07) is 15.7. The van der Waals surface area contributed by atoms with Crippen LogP contribution in [0.25, 0.3) is 0 Å². The molecule has 0 aliphatic rings. The number of nitrogens with zero attached hydrogens (tertiary/aromatic N) is 1. The van der Waals surface area contributed by atoms with Crippen molar-refractivity contribution < 1.29 is 5.21 Å². The van der Waals surface area contributed by atoms with E-state index in [1.807, 2.05) is 48.5 Å². The second-order valence-electron chi connectivity index (χ2n) is 4.53. The monoisotopic (exact) mass is 411 g/mol. The van der Waals surface area contributed by atoms with Gasteiger partial charge in [-0.05, 0) is 39.7 Å². The predicted molar refractivity (Wildman–Crippen MR) is 92.7 cm³/mol. The number of anilines is 1. The Hall–Kier alpha value is -1.53. The summed E-state index contributed by atoms with van der Waals surface area (Å²) < 4.78 is 1.93. The molecule has 0 amide bonds. The minimum absolute atomic E-state index is 0.0901. The van der Waals surface area contributed by atoms with Crippen molar-refractivity contribution in [3.05, 3.63) is 63.0 Å². The lowest BCUT2D eigenvalue weighted by molar-refractivity contribution is 0.316. The van der Waals surface area contributed by atoms with Gasteiger partial charge < -0.3 is 16.3 Å². The van der Waals surface area contributed by atoms with Crippen LogP contribution >= 0.6 is 31.9 Å². The maximum absolute atomic E-state index is 8.81. The van der Waals surface area contributed by atoms with Crippen LogP contribution in [-0.4, -0.2) is 11.0 Å². The van der Waals surface area contributed by atoms with E-state index >= 15 is 0 Å². The lowest BCUT2D eigenvalue weighted by atomic mass is 10.0. The zero-order valence-corrected chi connectivity index (χ0v) is 14.3. The van der Waals surface area contributed by atoms with Crippen molar-refractivity contribution in [1.29, 1.82) is 0 Å². The first-order valence-electron chi connectivity index (χ1n) is 6.33.